The van der Waals surface area contributed by atoms with E-state index in [9.17, 15) is 4.39 Å². The van der Waals surface area contributed by atoms with Gasteiger partial charge < -0.3 is 0 Å². The molecule has 0 fully saturated rings. The molecule has 3 aromatic heterocycles. The van der Waals surface area contributed by atoms with Crippen molar-refractivity contribution in [2.45, 2.75) is 0 Å². The Morgan fingerprint density at radius 2 is 1.88 bits per heavy atom. The average Bonchev–Trinajstić information content (AvgIpc) is 3.32. The first kappa shape index (κ1) is 16.6. The minimum Gasteiger partial charge on any atom is -0.255 e. The van der Waals surface area contributed by atoms with Crippen LogP contribution in [0.4, 0.5) is 10.1 Å². The maximum Gasteiger partial charge on any atom is 0.211 e. The summed E-state index contributed by atoms with van der Waals surface area (Å²) in [6.45, 7) is 0. The number of nitrogens with zero attached hydrogens (tertiary/aromatic N) is 4. The molecule has 0 amide bonds. The van der Waals surface area contributed by atoms with E-state index in [4.69, 9.17) is 0 Å². The SMILES string of the molecule is Fc1ccc(N=c2scc(-c3cccs3)n2N=Cc2ccccn2)cc1. The second-order valence-electron chi connectivity index (χ2n) is 5.28. The summed E-state index contributed by atoms with van der Waals surface area (Å²) in [6, 6.07) is 15.8. The van der Waals surface area contributed by atoms with Crippen molar-refractivity contribution in [1.29, 1.82) is 0 Å². The van der Waals surface area contributed by atoms with Gasteiger partial charge >= 0.3 is 0 Å². The van der Waals surface area contributed by atoms with Gasteiger partial charge in [-0.2, -0.15) is 5.10 Å². The maximum atomic E-state index is 13.1. The summed E-state index contributed by atoms with van der Waals surface area (Å²) in [5, 5.41) is 8.63. The van der Waals surface area contributed by atoms with Crippen molar-refractivity contribution in [3.8, 4) is 10.6 Å². The molecule has 0 unspecified atom stereocenters. The molecule has 128 valence electrons. The second kappa shape index (κ2) is 7.55. The van der Waals surface area contributed by atoms with Crippen LogP contribution in [-0.2, 0) is 0 Å². The third kappa shape index (κ3) is 3.68. The van der Waals surface area contributed by atoms with Gasteiger partial charge in [0.05, 0.1) is 28.2 Å². The van der Waals surface area contributed by atoms with Gasteiger partial charge in [0.15, 0.2) is 0 Å². The second-order valence-corrected chi connectivity index (χ2v) is 7.06. The summed E-state index contributed by atoms with van der Waals surface area (Å²) < 4.78 is 14.9. The summed E-state index contributed by atoms with van der Waals surface area (Å²) in [4.78, 5) is 10.7. The molecule has 0 radical (unpaired) electrons. The molecule has 1 aromatic carbocycles. The number of pyridine rings is 1. The Bertz CT molecular complexity index is 1080. The molecule has 0 atom stereocenters. The summed E-state index contributed by atoms with van der Waals surface area (Å²) in [6.07, 6.45) is 3.43. The summed E-state index contributed by atoms with van der Waals surface area (Å²) >= 11 is 3.12. The van der Waals surface area contributed by atoms with Gasteiger partial charge in [0.1, 0.15) is 5.82 Å². The van der Waals surface area contributed by atoms with E-state index in [-0.39, 0.29) is 5.82 Å². The zero-order valence-electron chi connectivity index (χ0n) is 13.5. The van der Waals surface area contributed by atoms with E-state index < -0.39 is 0 Å². The monoisotopic (exact) mass is 380 g/mol. The van der Waals surface area contributed by atoms with Crippen LogP contribution in [0.1, 0.15) is 5.69 Å². The van der Waals surface area contributed by atoms with Crippen molar-refractivity contribution in [3.63, 3.8) is 0 Å². The highest BCUT2D eigenvalue weighted by atomic mass is 32.1. The quantitative estimate of drug-likeness (QED) is 0.463. The molecule has 0 aliphatic heterocycles. The first-order chi connectivity index (χ1) is 12.8. The minimum atomic E-state index is -0.282. The van der Waals surface area contributed by atoms with Crippen LogP contribution in [0.15, 0.2) is 81.6 Å². The molecular formula is C19H13FN4S2. The van der Waals surface area contributed by atoms with Gasteiger partial charge in [-0.25, -0.2) is 14.1 Å². The number of benzene rings is 1. The Balaban J connectivity index is 1.82. The molecule has 0 spiro atoms. The van der Waals surface area contributed by atoms with Crippen LogP contribution in [0, 0.1) is 5.82 Å². The number of aromatic nitrogens is 2. The molecular weight excluding hydrogens is 367 g/mol. The third-order valence-electron chi connectivity index (χ3n) is 3.50. The highest BCUT2D eigenvalue weighted by molar-refractivity contribution is 7.14. The summed E-state index contributed by atoms with van der Waals surface area (Å²) in [5.74, 6) is -0.282. The van der Waals surface area contributed by atoms with Crippen LogP contribution >= 0.6 is 22.7 Å². The molecule has 0 aliphatic rings. The standard InChI is InChI=1S/C19H13FN4S2/c20-14-6-8-15(9-7-14)23-19-24(22-12-16-4-1-2-10-21-16)17(13-26-19)18-5-3-11-25-18/h1-13H. The van der Waals surface area contributed by atoms with Crippen LogP contribution in [0.25, 0.3) is 10.6 Å². The molecule has 0 aliphatic carbocycles. The van der Waals surface area contributed by atoms with Crippen molar-refractivity contribution in [2.24, 2.45) is 10.1 Å². The molecule has 7 heteroatoms. The minimum absolute atomic E-state index is 0.282. The molecule has 4 rings (SSSR count). The molecule has 3 heterocycles. The van der Waals surface area contributed by atoms with Crippen LogP contribution in [0.3, 0.4) is 0 Å². The van der Waals surface area contributed by atoms with Gasteiger partial charge in [0, 0.05) is 11.6 Å². The number of thiazole rings is 1. The first-order valence-corrected chi connectivity index (χ1v) is 9.56. The van der Waals surface area contributed by atoms with Gasteiger partial charge in [-0.3, -0.25) is 4.98 Å². The first-order valence-electron chi connectivity index (χ1n) is 7.80. The summed E-state index contributed by atoms with van der Waals surface area (Å²) in [5.41, 5.74) is 2.39. The van der Waals surface area contributed by atoms with Gasteiger partial charge in [-0.05, 0) is 47.8 Å². The normalized spacial score (nSPS) is 12.1. The Morgan fingerprint density at radius 1 is 1.00 bits per heavy atom. The lowest BCUT2D eigenvalue weighted by Gasteiger charge is -2.01. The topological polar surface area (TPSA) is 42.5 Å². The lowest BCUT2D eigenvalue weighted by Crippen LogP contribution is -2.11. The molecule has 26 heavy (non-hydrogen) atoms. The van der Waals surface area contributed by atoms with Crippen molar-refractivity contribution < 1.29 is 4.39 Å². The summed E-state index contributed by atoms with van der Waals surface area (Å²) in [7, 11) is 0. The van der Waals surface area contributed by atoms with Gasteiger partial charge in [0.25, 0.3) is 0 Å². The van der Waals surface area contributed by atoms with E-state index in [1.807, 2.05) is 41.1 Å². The van der Waals surface area contributed by atoms with E-state index in [0.29, 0.717) is 10.5 Å². The number of halogens is 1. The lowest BCUT2D eigenvalue weighted by atomic mass is 10.3. The fourth-order valence-corrected chi connectivity index (χ4v) is 3.93. The molecule has 4 nitrogen and oxygen atoms in total. The molecule has 4 aromatic rings. The highest BCUT2D eigenvalue weighted by Crippen LogP contribution is 2.25. The van der Waals surface area contributed by atoms with Crippen LogP contribution in [0.2, 0.25) is 0 Å². The van der Waals surface area contributed by atoms with Crippen molar-refractivity contribution in [3.05, 3.63) is 87.9 Å². The van der Waals surface area contributed by atoms with Crippen LogP contribution in [0.5, 0.6) is 0 Å². The number of rotatable bonds is 4. The Kier molecular flexibility index (Phi) is 4.81. The van der Waals surface area contributed by atoms with E-state index in [2.05, 4.69) is 15.1 Å². The van der Waals surface area contributed by atoms with Crippen molar-refractivity contribution in [1.82, 2.24) is 9.66 Å². The highest BCUT2D eigenvalue weighted by Gasteiger charge is 2.08. The number of thiophene rings is 1. The number of hydrogen-bond donors (Lipinski definition) is 0. The fraction of sp³-hybridized carbons (Fsp3) is 0. The smallest absolute Gasteiger partial charge is 0.211 e. The van der Waals surface area contributed by atoms with Gasteiger partial charge in [-0.15, -0.1) is 22.7 Å². The predicted octanol–water partition coefficient (Wildman–Crippen LogP) is 4.93. The Hall–Kier alpha value is -2.90. The zero-order chi connectivity index (χ0) is 17.8. The van der Waals surface area contributed by atoms with Crippen LogP contribution < -0.4 is 4.80 Å². The van der Waals surface area contributed by atoms with E-state index in [1.54, 1.807) is 40.6 Å². The van der Waals surface area contributed by atoms with Crippen LogP contribution in [-0.4, -0.2) is 15.9 Å². The number of hydrogen-bond acceptors (Lipinski definition) is 5. The van der Waals surface area contributed by atoms with E-state index in [0.717, 1.165) is 16.3 Å². The Labute approximate surface area is 157 Å². The van der Waals surface area contributed by atoms with E-state index in [1.165, 1.54) is 23.5 Å². The average molecular weight is 380 g/mol. The lowest BCUT2D eigenvalue weighted by molar-refractivity contribution is 0.628. The molecule has 0 bridgehead atoms. The molecule has 0 N–H and O–H groups in total. The predicted molar refractivity (Wildman–Crippen MR) is 104 cm³/mol. The van der Waals surface area contributed by atoms with Gasteiger partial charge in [-0.1, -0.05) is 12.1 Å². The fourth-order valence-electron chi connectivity index (χ4n) is 2.28. The third-order valence-corrected chi connectivity index (χ3v) is 5.21. The van der Waals surface area contributed by atoms with Gasteiger partial charge in [0.2, 0.25) is 4.80 Å². The maximum absolute atomic E-state index is 13.1. The van der Waals surface area contributed by atoms with Crippen molar-refractivity contribution in [2.75, 3.05) is 0 Å². The zero-order valence-corrected chi connectivity index (χ0v) is 15.1. The largest absolute Gasteiger partial charge is 0.255 e. The molecule has 0 saturated carbocycles. The molecule has 0 saturated heterocycles. The Morgan fingerprint density at radius 3 is 2.62 bits per heavy atom. The van der Waals surface area contributed by atoms with E-state index >= 15 is 0 Å². The van der Waals surface area contributed by atoms with Crippen molar-refractivity contribution >= 4 is 34.6 Å².